The number of nitrogen functional groups attached to an aromatic ring is 1. The van der Waals surface area contributed by atoms with Crippen molar-refractivity contribution in [3.63, 3.8) is 0 Å². The van der Waals surface area contributed by atoms with E-state index in [2.05, 4.69) is 27.7 Å². The van der Waals surface area contributed by atoms with Gasteiger partial charge >= 0.3 is 0 Å². The minimum absolute atomic E-state index is 0.332. The molecule has 0 amide bonds. The molecular formula is C14H23NO2. The first kappa shape index (κ1) is 13.8. The fourth-order valence-electron chi connectivity index (χ4n) is 2.28. The Kier molecular flexibility index (Phi) is 4.40. The molecule has 0 saturated carbocycles. The highest BCUT2D eigenvalue weighted by Crippen LogP contribution is 2.38. The Morgan fingerprint density at radius 1 is 1.12 bits per heavy atom. The summed E-state index contributed by atoms with van der Waals surface area (Å²) in [7, 11) is 1.00. The Morgan fingerprint density at radius 3 is 2.29 bits per heavy atom. The number of aliphatic hydroxyl groups excluding tert-OH is 1. The van der Waals surface area contributed by atoms with Crippen molar-refractivity contribution >= 4 is 5.69 Å². The van der Waals surface area contributed by atoms with Crippen molar-refractivity contribution in [2.24, 2.45) is 0 Å². The molecule has 3 nitrogen and oxygen atoms in total. The lowest BCUT2D eigenvalue weighted by Gasteiger charge is -2.28. The number of fused-ring (bicyclic) bond motifs is 1. The minimum atomic E-state index is 0.332. The molecule has 1 unspecified atom stereocenters. The van der Waals surface area contributed by atoms with Gasteiger partial charge in [0.1, 0.15) is 5.75 Å². The molecule has 0 spiro atoms. The van der Waals surface area contributed by atoms with E-state index in [1.54, 1.807) is 0 Å². The highest BCUT2D eigenvalue weighted by atomic mass is 16.5. The van der Waals surface area contributed by atoms with Gasteiger partial charge in [-0.15, -0.1) is 0 Å². The summed E-state index contributed by atoms with van der Waals surface area (Å²) in [4.78, 5) is 0. The first-order valence-corrected chi connectivity index (χ1v) is 6.01. The molecule has 2 rings (SSSR count). The van der Waals surface area contributed by atoms with Crippen molar-refractivity contribution in [2.45, 2.75) is 46.6 Å². The average molecular weight is 237 g/mol. The van der Waals surface area contributed by atoms with Gasteiger partial charge in [0.05, 0.1) is 6.10 Å². The van der Waals surface area contributed by atoms with Crippen LogP contribution in [0.1, 0.15) is 35.6 Å². The molecule has 3 N–H and O–H groups in total. The van der Waals surface area contributed by atoms with E-state index in [1.165, 1.54) is 22.3 Å². The Morgan fingerprint density at radius 2 is 1.71 bits per heavy atom. The fraction of sp³-hybridized carbons (Fsp3) is 0.571. The van der Waals surface area contributed by atoms with Crippen molar-refractivity contribution < 1.29 is 9.84 Å². The molecule has 0 fully saturated rings. The van der Waals surface area contributed by atoms with Crippen LogP contribution in [0.2, 0.25) is 0 Å². The molecule has 1 aromatic carbocycles. The van der Waals surface area contributed by atoms with Gasteiger partial charge in [-0.2, -0.15) is 0 Å². The van der Waals surface area contributed by atoms with Gasteiger partial charge in [-0.25, -0.2) is 0 Å². The second-order valence-corrected chi connectivity index (χ2v) is 4.56. The Balaban J connectivity index is 0.000000686. The van der Waals surface area contributed by atoms with Crippen LogP contribution in [0.15, 0.2) is 0 Å². The monoisotopic (exact) mass is 237 g/mol. The van der Waals surface area contributed by atoms with Gasteiger partial charge in [-0.3, -0.25) is 0 Å². The van der Waals surface area contributed by atoms with Crippen molar-refractivity contribution in [3.8, 4) is 5.75 Å². The first-order chi connectivity index (χ1) is 8.02. The van der Waals surface area contributed by atoms with Crippen molar-refractivity contribution in [1.29, 1.82) is 0 Å². The standard InChI is InChI=1S/C13H19NO.CH4O/c1-7-5-6-11-10(4)12(14)8(2)9(3)13(11)15-7;1-2/h7H,5-6,14H2,1-4H3;2H,1H3. The van der Waals surface area contributed by atoms with Gasteiger partial charge < -0.3 is 15.6 Å². The van der Waals surface area contributed by atoms with E-state index in [1.807, 2.05) is 0 Å². The third-order valence-electron chi connectivity index (χ3n) is 3.56. The molecule has 0 bridgehead atoms. The van der Waals surface area contributed by atoms with Crippen LogP contribution >= 0.6 is 0 Å². The van der Waals surface area contributed by atoms with Crippen LogP contribution in [0.4, 0.5) is 5.69 Å². The lowest BCUT2D eigenvalue weighted by molar-refractivity contribution is 0.190. The highest BCUT2D eigenvalue weighted by molar-refractivity contribution is 5.65. The van der Waals surface area contributed by atoms with Crippen LogP contribution in [-0.4, -0.2) is 18.3 Å². The number of nitrogens with two attached hydrogens (primary N) is 1. The summed E-state index contributed by atoms with van der Waals surface area (Å²) >= 11 is 0. The third-order valence-corrected chi connectivity index (χ3v) is 3.56. The molecule has 3 heteroatoms. The van der Waals surface area contributed by atoms with Gasteiger partial charge in [-0.1, -0.05) is 0 Å². The number of hydrogen-bond donors (Lipinski definition) is 2. The third kappa shape index (κ3) is 2.39. The Bertz CT molecular complexity index is 413. The maximum absolute atomic E-state index is 7.00. The van der Waals surface area contributed by atoms with E-state index < -0.39 is 0 Å². The molecular weight excluding hydrogens is 214 g/mol. The largest absolute Gasteiger partial charge is 0.490 e. The van der Waals surface area contributed by atoms with E-state index >= 15 is 0 Å². The molecule has 1 aliphatic rings. The van der Waals surface area contributed by atoms with Gasteiger partial charge in [-0.05, 0) is 62.8 Å². The van der Waals surface area contributed by atoms with Crippen LogP contribution in [0.3, 0.4) is 0 Å². The van der Waals surface area contributed by atoms with Crippen LogP contribution < -0.4 is 10.5 Å². The molecule has 96 valence electrons. The summed E-state index contributed by atoms with van der Waals surface area (Å²) in [6, 6.07) is 0. The predicted octanol–water partition coefficient (Wildman–Crippen LogP) is 2.52. The maximum Gasteiger partial charge on any atom is 0.126 e. The molecule has 0 aromatic heterocycles. The summed E-state index contributed by atoms with van der Waals surface area (Å²) in [6.45, 7) is 8.39. The molecule has 1 aliphatic heterocycles. The minimum Gasteiger partial charge on any atom is -0.490 e. The van der Waals surface area contributed by atoms with Gasteiger partial charge in [0.25, 0.3) is 0 Å². The zero-order valence-corrected chi connectivity index (χ0v) is 11.4. The van der Waals surface area contributed by atoms with Gasteiger partial charge in [0.15, 0.2) is 0 Å². The fourth-order valence-corrected chi connectivity index (χ4v) is 2.28. The zero-order valence-electron chi connectivity index (χ0n) is 11.4. The summed E-state index contributed by atoms with van der Waals surface area (Å²) < 4.78 is 5.92. The topological polar surface area (TPSA) is 55.5 Å². The molecule has 1 atom stereocenters. The lowest BCUT2D eigenvalue weighted by atomic mass is 9.91. The van der Waals surface area contributed by atoms with Gasteiger partial charge in [0, 0.05) is 12.8 Å². The van der Waals surface area contributed by atoms with Crippen LogP contribution in [0, 0.1) is 20.8 Å². The maximum atomic E-state index is 7.00. The van der Waals surface area contributed by atoms with Crippen molar-refractivity contribution in [3.05, 3.63) is 22.3 Å². The van der Waals surface area contributed by atoms with Crippen LogP contribution in [0.5, 0.6) is 5.75 Å². The SMILES string of the molecule is CO.Cc1c(C)c2c(c(C)c1N)CCC(C)O2. The second kappa shape index (κ2) is 5.41. The number of rotatable bonds is 0. The molecule has 17 heavy (non-hydrogen) atoms. The Labute approximate surface area is 104 Å². The van der Waals surface area contributed by atoms with Crippen molar-refractivity contribution in [2.75, 3.05) is 12.8 Å². The summed E-state index contributed by atoms with van der Waals surface area (Å²) in [5.41, 5.74) is 11.9. The quantitative estimate of drug-likeness (QED) is 0.682. The van der Waals surface area contributed by atoms with Crippen LogP contribution in [-0.2, 0) is 6.42 Å². The molecule has 1 heterocycles. The number of benzene rings is 1. The second-order valence-electron chi connectivity index (χ2n) is 4.56. The smallest absolute Gasteiger partial charge is 0.126 e. The highest BCUT2D eigenvalue weighted by Gasteiger charge is 2.22. The van der Waals surface area contributed by atoms with Gasteiger partial charge in [0.2, 0.25) is 0 Å². The van der Waals surface area contributed by atoms with E-state index in [9.17, 15) is 0 Å². The average Bonchev–Trinajstić information content (AvgIpc) is 2.36. The van der Waals surface area contributed by atoms with E-state index in [4.69, 9.17) is 15.6 Å². The number of anilines is 1. The van der Waals surface area contributed by atoms with E-state index in [0.29, 0.717) is 6.10 Å². The first-order valence-electron chi connectivity index (χ1n) is 6.01. The molecule has 0 saturated heterocycles. The van der Waals surface area contributed by atoms with E-state index in [0.717, 1.165) is 31.4 Å². The van der Waals surface area contributed by atoms with Crippen molar-refractivity contribution in [1.82, 2.24) is 0 Å². The molecule has 1 aromatic rings. The molecule has 0 aliphatic carbocycles. The lowest BCUT2D eigenvalue weighted by Crippen LogP contribution is -2.21. The molecule has 0 radical (unpaired) electrons. The zero-order chi connectivity index (χ0) is 13.2. The van der Waals surface area contributed by atoms with E-state index in [-0.39, 0.29) is 0 Å². The summed E-state index contributed by atoms with van der Waals surface area (Å²) in [5.74, 6) is 1.08. The normalized spacial score (nSPS) is 17.6. The number of ether oxygens (including phenoxy) is 1. The number of aliphatic hydroxyl groups is 1. The van der Waals surface area contributed by atoms with Crippen LogP contribution in [0.25, 0.3) is 0 Å². The summed E-state index contributed by atoms with van der Waals surface area (Å²) in [5, 5.41) is 7.00. The number of hydrogen-bond acceptors (Lipinski definition) is 3. The Hall–Kier alpha value is -1.22. The summed E-state index contributed by atoms with van der Waals surface area (Å²) in [6.07, 6.45) is 2.52. The predicted molar refractivity (Wildman–Crippen MR) is 71.6 cm³/mol.